The third-order valence-corrected chi connectivity index (χ3v) is 3.64. The maximum absolute atomic E-state index is 11.9. The van der Waals surface area contributed by atoms with Gasteiger partial charge in [-0.2, -0.15) is 0 Å². The van der Waals surface area contributed by atoms with Crippen molar-refractivity contribution in [1.82, 2.24) is 0 Å². The van der Waals surface area contributed by atoms with Gasteiger partial charge in [-0.1, -0.05) is 27.7 Å². The summed E-state index contributed by atoms with van der Waals surface area (Å²) in [6.45, 7) is 12.4. The zero-order valence-corrected chi connectivity index (χ0v) is 10.6. The van der Waals surface area contributed by atoms with E-state index in [1.54, 1.807) is 0 Å². The van der Waals surface area contributed by atoms with E-state index >= 15 is 0 Å². The van der Waals surface area contributed by atoms with E-state index < -0.39 is 11.2 Å². The monoisotopic (exact) mass is 214 g/mol. The van der Waals surface area contributed by atoms with Gasteiger partial charge in [0.25, 0.3) is 0 Å². The minimum absolute atomic E-state index is 0.0598. The van der Waals surface area contributed by atoms with Crippen LogP contribution < -0.4 is 0 Å². The summed E-state index contributed by atoms with van der Waals surface area (Å²) >= 11 is 0. The topological polar surface area (TPSA) is 38.8 Å². The van der Waals surface area contributed by atoms with Crippen molar-refractivity contribution in [3.63, 3.8) is 0 Å². The summed E-state index contributed by atoms with van der Waals surface area (Å²) in [6.07, 6.45) is 0.666. The Morgan fingerprint density at radius 1 is 1.33 bits per heavy atom. The van der Waals surface area contributed by atoms with Crippen molar-refractivity contribution in [2.24, 2.45) is 5.41 Å². The highest BCUT2D eigenvalue weighted by Gasteiger charge is 2.75. The van der Waals surface area contributed by atoms with E-state index in [1.807, 2.05) is 20.8 Å². The molecule has 0 N–H and O–H groups in total. The first-order chi connectivity index (χ1) is 6.75. The van der Waals surface area contributed by atoms with Crippen LogP contribution in [0.4, 0.5) is 0 Å². The SMILES string of the molecule is CCOC(=O)C1(CC)OC1(C)C(C)(C)C. The Hall–Kier alpha value is -0.570. The van der Waals surface area contributed by atoms with Crippen LogP contribution in [-0.4, -0.2) is 23.8 Å². The molecule has 1 aliphatic rings. The molecule has 0 aliphatic carbocycles. The molecule has 1 fully saturated rings. The fraction of sp³-hybridized carbons (Fsp3) is 0.917. The molecule has 0 bridgehead atoms. The molecule has 1 heterocycles. The largest absolute Gasteiger partial charge is 0.464 e. The van der Waals surface area contributed by atoms with Gasteiger partial charge in [0.05, 0.1) is 6.61 Å². The first kappa shape index (κ1) is 12.5. The van der Waals surface area contributed by atoms with Gasteiger partial charge in [0.15, 0.2) is 5.60 Å². The van der Waals surface area contributed by atoms with E-state index in [2.05, 4.69) is 20.8 Å². The van der Waals surface area contributed by atoms with Crippen LogP contribution in [0.15, 0.2) is 0 Å². The molecule has 0 aromatic rings. The van der Waals surface area contributed by atoms with Crippen LogP contribution in [0.2, 0.25) is 0 Å². The zero-order chi connectivity index (χ0) is 11.9. The smallest absolute Gasteiger partial charge is 0.341 e. The zero-order valence-electron chi connectivity index (χ0n) is 10.6. The van der Waals surface area contributed by atoms with Gasteiger partial charge in [-0.15, -0.1) is 0 Å². The second-order valence-electron chi connectivity index (χ2n) is 5.29. The van der Waals surface area contributed by atoms with Gasteiger partial charge >= 0.3 is 5.97 Å². The molecular formula is C12H22O3. The second kappa shape index (κ2) is 3.48. The summed E-state index contributed by atoms with van der Waals surface area (Å²) < 4.78 is 10.8. The van der Waals surface area contributed by atoms with Gasteiger partial charge < -0.3 is 9.47 Å². The highest BCUT2D eigenvalue weighted by molar-refractivity contribution is 5.85. The molecule has 2 atom stereocenters. The van der Waals surface area contributed by atoms with E-state index in [0.717, 1.165) is 0 Å². The van der Waals surface area contributed by atoms with Crippen molar-refractivity contribution in [3.05, 3.63) is 0 Å². The van der Waals surface area contributed by atoms with Crippen LogP contribution in [0.3, 0.4) is 0 Å². The van der Waals surface area contributed by atoms with Crippen molar-refractivity contribution < 1.29 is 14.3 Å². The fourth-order valence-corrected chi connectivity index (χ4v) is 2.12. The molecule has 3 nitrogen and oxygen atoms in total. The minimum atomic E-state index is -0.721. The van der Waals surface area contributed by atoms with Crippen molar-refractivity contribution >= 4 is 5.97 Å². The summed E-state index contributed by atoms with van der Waals surface area (Å²) in [5.41, 5.74) is -1.18. The van der Waals surface area contributed by atoms with E-state index in [4.69, 9.17) is 9.47 Å². The molecule has 2 unspecified atom stereocenters. The number of epoxide rings is 1. The molecule has 15 heavy (non-hydrogen) atoms. The molecular weight excluding hydrogens is 192 g/mol. The number of carbonyl (C=O) groups is 1. The lowest BCUT2D eigenvalue weighted by atomic mass is 9.73. The maximum Gasteiger partial charge on any atom is 0.341 e. The first-order valence-electron chi connectivity index (χ1n) is 5.62. The van der Waals surface area contributed by atoms with Gasteiger partial charge in [-0.05, 0) is 25.7 Å². The number of hydrogen-bond donors (Lipinski definition) is 0. The summed E-state index contributed by atoms with van der Waals surface area (Å²) in [7, 11) is 0. The van der Waals surface area contributed by atoms with Gasteiger partial charge in [-0.25, -0.2) is 4.79 Å². The van der Waals surface area contributed by atoms with Crippen LogP contribution in [0.1, 0.15) is 48.0 Å². The molecule has 0 radical (unpaired) electrons. The van der Waals surface area contributed by atoms with E-state index in [-0.39, 0.29) is 11.4 Å². The number of hydrogen-bond acceptors (Lipinski definition) is 3. The summed E-state index contributed by atoms with van der Waals surface area (Å²) in [6, 6.07) is 0. The minimum Gasteiger partial charge on any atom is -0.464 e. The Balaban J connectivity index is 2.90. The number of carbonyl (C=O) groups excluding carboxylic acids is 1. The lowest BCUT2D eigenvalue weighted by Crippen LogP contribution is -2.41. The molecule has 0 aromatic carbocycles. The second-order valence-corrected chi connectivity index (χ2v) is 5.29. The number of rotatable bonds is 3. The molecule has 0 aromatic heterocycles. The van der Waals surface area contributed by atoms with Gasteiger partial charge in [0.1, 0.15) is 5.60 Å². The van der Waals surface area contributed by atoms with Crippen LogP contribution in [0.25, 0.3) is 0 Å². The Morgan fingerprint density at radius 2 is 1.87 bits per heavy atom. The van der Waals surface area contributed by atoms with Crippen molar-refractivity contribution in [3.8, 4) is 0 Å². The molecule has 0 amide bonds. The lowest BCUT2D eigenvalue weighted by Gasteiger charge is -2.27. The van der Waals surface area contributed by atoms with E-state index in [1.165, 1.54) is 0 Å². The normalized spacial score (nSPS) is 35.1. The Kier molecular flexibility index (Phi) is 2.90. The molecule has 1 rings (SSSR count). The van der Waals surface area contributed by atoms with Crippen LogP contribution in [0, 0.1) is 5.41 Å². The lowest BCUT2D eigenvalue weighted by molar-refractivity contribution is -0.149. The molecule has 0 spiro atoms. The molecule has 0 saturated carbocycles. The summed E-state index contributed by atoms with van der Waals surface area (Å²) in [5, 5.41) is 0. The number of esters is 1. The average molecular weight is 214 g/mol. The van der Waals surface area contributed by atoms with Crippen molar-refractivity contribution in [1.29, 1.82) is 0 Å². The quantitative estimate of drug-likeness (QED) is 0.535. The predicted molar refractivity (Wildman–Crippen MR) is 58.6 cm³/mol. The Bertz CT molecular complexity index is 267. The predicted octanol–water partition coefficient (Wildman–Crippen LogP) is 2.53. The Morgan fingerprint density at radius 3 is 2.13 bits per heavy atom. The van der Waals surface area contributed by atoms with Crippen LogP contribution in [-0.2, 0) is 14.3 Å². The molecule has 88 valence electrons. The highest BCUT2D eigenvalue weighted by atomic mass is 16.7. The van der Waals surface area contributed by atoms with Crippen molar-refractivity contribution in [2.45, 2.75) is 59.2 Å². The molecule has 1 saturated heterocycles. The maximum atomic E-state index is 11.9. The first-order valence-corrected chi connectivity index (χ1v) is 5.62. The highest BCUT2D eigenvalue weighted by Crippen LogP contribution is 2.60. The van der Waals surface area contributed by atoms with Gasteiger partial charge in [-0.3, -0.25) is 0 Å². The third kappa shape index (κ3) is 1.57. The Labute approximate surface area is 92.1 Å². The summed E-state index contributed by atoms with van der Waals surface area (Å²) in [5.74, 6) is -0.218. The average Bonchev–Trinajstić information content (AvgIpc) is 2.74. The molecule has 3 heteroatoms. The van der Waals surface area contributed by atoms with Crippen molar-refractivity contribution in [2.75, 3.05) is 6.61 Å². The van der Waals surface area contributed by atoms with Gasteiger partial charge in [0.2, 0.25) is 0 Å². The van der Waals surface area contributed by atoms with Gasteiger partial charge in [0, 0.05) is 0 Å². The standard InChI is InChI=1S/C12H22O3/c1-7-12(9(13)14-8-2)11(6,15-12)10(3,4)5/h7-8H2,1-6H3. The van der Waals surface area contributed by atoms with Crippen LogP contribution in [0.5, 0.6) is 0 Å². The molecule has 1 aliphatic heterocycles. The van der Waals surface area contributed by atoms with Crippen LogP contribution >= 0.6 is 0 Å². The number of ether oxygens (including phenoxy) is 2. The fourth-order valence-electron chi connectivity index (χ4n) is 2.12. The van der Waals surface area contributed by atoms with E-state index in [0.29, 0.717) is 13.0 Å². The summed E-state index contributed by atoms with van der Waals surface area (Å²) in [4.78, 5) is 11.9. The van der Waals surface area contributed by atoms with E-state index in [9.17, 15) is 4.79 Å². The third-order valence-electron chi connectivity index (χ3n) is 3.64.